The second-order valence-corrected chi connectivity index (χ2v) is 5.96. The van der Waals surface area contributed by atoms with E-state index in [1.165, 1.54) is 4.88 Å². The molecule has 1 heterocycles. The van der Waals surface area contributed by atoms with E-state index in [0.717, 1.165) is 22.2 Å². The van der Waals surface area contributed by atoms with Crippen LogP contribution in [-0.2, 0) is 6.42 Å². The maximum absolute atomic E-state index is 6.24. The zero-order chi connectivity index (χ0) is 13.0. The minimum absolute atomic E-state index is 0.0101. The Kier molecular flexibility index (Phi) is 4.80. The third kappa shape index (κ3) is 3.57. The van der Waals surface area contributed by atoms with Gasteiger partial charge in [0.15, 0.2) is 0 Å². The second kappa shape index (κ2) is 6.36. The zero-order valence-electron chi connectivity index (χ0n) is 10.2. The summed E-state index contributed by atoms with van der Waals surface area (Å²) in [6.07, 6.45) is 0.853. The first-order chi connectivity index (χ1) is 8.69. The van der Waals surface area contributed by atoms with Crippen LogP contribution in [0.25, 0.3) is 0 Å². The Morgan fingerprint density at radius 3 is 2.89 bits per heavy atom. The number of hydrogen-bond acceptors (Lipinski definition) is 3. The van der Waals surface area contributed by atoms with Crippen molar-refractivity contribution in [2.45, 2.75) is 19.4 Å². The molecule has 0 radical (unpaired) electrons. The molecule has 0 aliphatic rings. The molecule has 1 atom stereocenters. The van der Waals surface area contributed by atoms with Gasteiger partial charge >= 0.3 is 0 Å². The van der Waals surface area contributed by atoms with Crippen LogP contribution in [0, 0.1) is 0 Å². The van der Waals surface area contributed by atoms with Gasteiger partial charge in [0, 0.05) is 27.2 Å². The summed E-state index contributed by atoms with van der Waals surface area (Å²) in [6, 6.07) is 10.2. The van der Waals surface area contributed by atoms with Crippen LogP contribution in [0.1, 0.15) is 23.4 Å². The van der Waals surface area contributed by atoms with Gasteiger partial charge in [-0.1, -0.05) is 12.1 Å². The number of rotatable bonds is 5. The van der Waals surface area contributed by atoms with Crippen LogP contribution in [0.5, 0.6) is 5.75 Å². The molecular formula is C14H16BrNOS. The Morgan fingerprint density at radius 2 is 2.22 bits per heavy atom. The molecule has 0 saturated heterocycles. The van der Waals surface area contributed by atoms with Crippen LogP contribution in [-0.4, -0.2) is 6.61 Å². The number of benzene rings is 1. The highest BCUT2D eigenvalue weighted by molar-refractivity contribution is 9.10. The molecule has 0 fully saturated rings. The normalized spacial score (nSPS) is 12.4. The SMILES string of the molecule is CCOc1cccc(C(N)Cc2cc(Br)cs2)c1. The Morgan fingerprint density at radius 1 is 1.39 bits per heavy atom. The van der Waals surface area contributed by atoms with E-state index in [2.05, 4.69) is 33.4 Å². The second-order valence-electron chi connectivity index (χ2n) is 4.05. The van der Waals surface area contributed by atoms with Gasteiger partial charge in [0.2, 0.25) is 0 Å². The molecule has 1 aromatic heterocycles. The lowest BCUT2D eigenvalue weighted by Crippen LogP contribution is -2.12. The summed E-state index contributed by atoms with van der Waals surface area (Å²) in [6.45, 7) is 2.66. The van der Waals surface area contributed by atoms with Crippen molar-refractivity contribution in [3.05, 3.63) is 50.6 Å². The van der Waals surface area contributed by atoms with Crippen LogP contribution >= 0.6 is 27.3 Å². The van der Waals surface area contributed by atoms with Gasteiger partial charge in [-0.05, 0) is 46.6 Å². The Balaban J connectivity index is 2.08. The molecule has 4 heteroatoms. The monoisotopic (exact) mass is 325 g/mol. The van der Waals surface area contributed by atoms with E-state index in [0.29, 0.717) is 6.61 Å². The van der Waals surface area contributed by atoms with E-state index in [4.69, 9.17) is 10.5 Å². The molecule has 0 saturated carbocycles. The predicted molar refractivity (Wildman–Crippen MR) is 80.3 cm³/mol. The van der Waals surface area contributed by atoms with Crippen LogP contribution in [0.4, 0.5) is 0 Å². The van der Waals surface area contributed by atoms with Crippen LogP contribution in [0.3, 0.4) is 0 Å². The Labute approximate surface area is 120 Å². The minimum Gasteiger partial charge on any atom is -0.494 e. The molecule has 0 aliphatic carbocycles. The van der Waals surface area contributed by atoms with E-state index >= 15 is 0 Å². The summed E-state index contributed by atoms with van der Waals surface area (Å²) in [5.41, 5.74) is 7.35. The largest absolute Gasteiger partial charge is 0.494 e. The molecule has 2 N–H and O–H groups in total. The molecule has 1 unspecified atom stereocenters. The summed E-state index contributed by atoms with van der Waals surface area (Å²) >= 11 is 5.19. The van der Waals surface area contributed by atoms with Crippen LogP contribution in [0.2, 0.25) is 0 Å². The lowest BCUT2D eigenvalue weighted by Gasteiger charge is -2.12. The lowest BCUT2D eigenvalue weighted by molar-refractivity contribution is 0.339. The van der Waals surface area contributed by atoms with Crippen molar-refractivity contribution in [1.29, 1.82) is 0 Å². The number of thiophene rings is 1. The number of nitrogens with two attached hydrogens (primary N) is 1. The van der Waals surface area contributed by atoms with Crippen molar-refractivity contribution in [1.82, 2.24) is 0 Å². The third-order valence-electron chi connectivity index (χ3n) is 2.64. The van der Waals surface area contributed by atoms with Gasteiger partial charge in [-0.25, -0.2) is 0 Å². The van der Waals surface area contributed by atoms with Gasteiger partial charge in [0.25, 0.3) is 0 Å². The number of hydrogen-bond donors (Lipinski definition) is 1. The molecule has 0 bridgehead atoms. The predicted octanol–water partition coefficient (Wildman–Crippen LogP) is 4.15. The van der Waals surface area contributed by atoms with Crippen molar-refractivity contribution in [3.63, 3.8) is 0 Å². The smallest absolute Gasteiger partial charge is 0.119 e. The van der Waals surface area contributed by atoms with Gasteiger partial charge in [-0.2, -0.15) is 0 Å². The van der Waals surface area contributed by atoms with Crippen molar-refractivity contribution >= 4 is 27.3 Å². The first kappa shape index (κ1) is 13.6. The van der Waals surface area contributed by atoms with Gasteiger partial charge in [-0.15, -0.1) is 11.3 Å². The first-order valence-corrected chi connectivity index (χ1v) is 7.57. The molecule has 0 spiro atoms. The maximum Gasteiger partial charge on any atom is 0.119 e. The quantitative estimate of drug-likeness (QED) is 0.896. The average molecular weight is 326 g/mol. The van der Waals surface area contributed by atoms with E-state index < -0.39 is 0 Å². The molecule has 96 valence electrons. The molecule has 2 nitrogen and oxygen atoms in total. The zero-order valence-corrected chi connectivity index (χ0v) is 12.6. The fourth-order valence-electron chi connectivity index (χ4n) is 1.80. The highest BCUT2D eigenvalue weighted by Crippen LogP contribution is 2.25. The Bertz CT molecular complexity index is 512. The van der Waals surface area contributed by atoms with Crippen molar-refractivity contribution in [2.24, 2.45) is 5.73 Å². The summed E-state index contributed by atoms with van der Waals surface area (Å²) in [5.74, 6) is 0.887. The van der Waals surface area contributed by atoms with Crippen molar-refractivity contribution in [3.8, 4) is 5.75 Å². The molecule has 2 aromatic rings. The van der Waals surface area contributed by atoms with Gasteiger partial charge in [-0.3, -0.25) is 0 Å². The maximum atomic E-state index is 6.24. The fraction of sp³-hybridized carbons (Fsp3) is 0.286. The minimum atomic E-state index is 0.0101. The summed E-state index contributed by atoms with van der Waals surface area (Å²) < 4.78 is 6.61. The summed E-state index contributed by atoms with van der Waals surface area (Å²) in [5, 5.41) is 2.08. The number of ether oxygens (including phenoxy) is 1. The van der Waals surface area contributed by atoms with E-state index in [9.17, 15) is 0 Å². The van der Waals surface area contributed by atoms with Gasteiger partial charge < -0.3 is 10.5 Å². The topological polar surface area (TPSA) is 35.2 Å². The highest BCUT2D eigenvalue weighted by atomic mass is 79.9. The van der Waals surface area contributed by atoms with Gasteiger partial charge in [0.1, 0.15) is 5.75 Å². The number of halogens is 1. The fourth-order valence-corrected chi connectivity index (χ4v) is 3.31. The summed E-state index contributed by atoms with van der Waals surface area (Å²) in [7, 11) is 0. The highest BCUT2D eigenvalue weighted by Gasteiger charge is 2.09. The molecule has 2 rings (SSSR count). The molecule has 18 heavy (non-hydrogen) atoms. The first-order valence-electron chi connectivity index (χ1n) is 5.90. The average Bonchev–Trinajstić information content (AvgIpc) is 2.75. The molecule has 1 aromatic carbocycles. The van der Waals surface area contributed by atoms with Crippen LogP contribution in [0.15, 0.2) is 40.2 Å². The Hall–Kier alpha value is -0.840. The molecular weight excluding hydrogens is 310 g/mol. The van der Waals surface area contributed by atoms with E-state index in [1.54, 1.807) is 11.3 Å². The summed E-state index contributed by atoms with van der Waals surface area (Å²) in [4.78, 5) is 1.29. The van der Waals surface area contributed by atoms with Crippen molar-refractivity contribution in [2.75, 3.05) is 6.61 Å². The standard InChI is InChI=1S/C14H16BrNOS/c1-2-17-12-5-3-4-10(6-12)14(16)8-13-7-11(15)9-18-13/h3-7,9,14H,2,8,16H2,1H3. The van der Waals surface area contributed by atoms with E-state index in [-0.39, 0.29) is 6.04 Å². The van der Waals surface area contributed by atoms with Crippen LogP contribution < -0.4 is 10.5 Å². The van der Waals surface area contributed by atoms with Crippen molar-refractivity contribution < 1.29 is 4.74 Å². The van der Waals surface area contributed by atoms with Gasteiger partial charge in [0.05, 0.1) is 6.61 Å². The molecule has 0 aliphatic heterocycles. The van der Waals surface area contributed by atoms with E-state index in [1.807, 2.05) is 25.1 Å². The molecule has 0 amide bonds. The lowest BCUT2D eigenvalue weighted by atomic mass is 10.0. The third-order valence-corrected chi connectivity index (χ3v) is 4.36.